The summed E-state index contributed by atoms with van der Waals surface area (Å²) < 4.78 is 0. The lowest BCUT2D eigenvalue weighted by Gasteiger charge is -2.15. The molecule has 1 aliphatic carbocycles. The van der Waals surface area contributed by atoms with Crippen molar-refractivity contribution in [1.29, 1.82) is 0 Å². The highest BCUT2D eigenvalue weighted by molar-refractivity contribution is 5.42. The molecule has 94 valence electrons. The fraction of sp³-hybridized carbons (Fsp3) is 0.692. The summed E-state index contributed by atoms with van der Waals surface area (Å²) in [6.07, 6.45) is 5.31. The summed E-state index contributed by atoms with van der Waals surface area (Å²) in [7, 11) is 1.85. The van der Waals surface area contributed by atoms with Crippen LogP contribution in [0.25, 0.3) is 0 Å². The average molecular weight is 234 g/mol. The van der Waals surface area contributed by atoms with Crippen molar-refractivity contribution in [3.05, 3.63) is 11.8 Å². The molecule has 0 unspecified atom stereocenters. The Balaban J connectivity index is 1.97. The normalized spacial score (nSPS) is 16.6. The van der Waals surface area contributed by atoms with Gasteiger partial charge in [0, 0.05) is 25.4 Å². The summed E-state index contributed by atoms with van der Waals surface area (Å²) in [5.41, 5.74) is 1.54. The van der Waals surface area contributed by atoms with Gasteiger partial charge in [-0.25, -0.2) is 4.98 Å². The van der Waals surface area contributed by atoms with Crippen molar-refractivity contribution < 1.29 is 0 Å². The first-order valence-corrected chi connectivity index (χ1v) is 6.45. The molecule has 1 heterocycles. The fourth-order valence-corrected chi connectivity index (χ4v) is 2.27. The summed E-state index contributed by atoms with van der Waals surface area (Å²) in [6.45, 7) is 5.29. The van der Waals surface area contributed by atoms with E-state index in [1.807, 2.05) is 20.0 Å². The number of aryl methyl sites for hydroxylation is 1. The largest absolute Gasteiger partial charge is 0.369 e. The maximum Gasteiger partial charge on any atom is 0.224 e. The minimum absolute atomic E-state index is 0.549. The molecule has 4 nitrogen and oxygen atoms in total. The lowest BCUT2D eigenvalue weighted by atomic mass is 10.0. The van der Waals surface area contributed by atoms with Crippen molar-refractivity contribution in [3.63, 3.8) is 0 Å². The SMILES string of the molecule is CCCC1(CNc2cc(C)nc(NC)n2)CC1. The van der Waals surface area contributed by atoms with Crippen LogP contribution in [0.3, 0.4) is 0 Å². The first-order valence-electron chi connectivity index (χ1n) is 6.45. The topological polar surface area (TPSA) is 49.8 Å². The van der Waals surface area contributed by atoms with Gasteiger partial charge in [0.1, 0.15) is 5.82 Å². The summed E-state index contributed by atoms with van der Waals surface area (Å²) in [5, 5.41) is 6.44. The third-order valence-corrected chi connectivity index (χ3v) is 3.46. The Bertz CT molecular complexity index is 385. The predicted molar refractivity (Wildman–Crippen MR) is 71.4 cm³/mol. The molecule has 1 aromatic rings. The molecule has 1 aromatic heterocycles. The lowest BCUT2D eigenvalue weighted by molar-refractivity contribution is 0.485. The molecule has 0 saturated heterocycles. The van der Waals surface area contributed by atoms with Crippen LogP contribution in [0.15, 0.2) is 6.07 Å². The maximum atomic E-state index is 4.41. The van der Waals surface area contributed by atoms with E-state index in [-0.39, 0.29) is 0 Å². The van der Waals surface area contributed by atoms with Crippen LogP contribution in [0.5, 0.6) is 0 Å². The zero-order valence-corrected chi connectivity index (χ0v) is 11.0. The lowest BCUT2D eigenvalue weighted by Crippen LogP contribution is -2.16. The molecule has 0 atom stereocenters. The fourth-order valence-electron chi connectivity index (χ4n) is 2.27. The minimum Gasteiger partial charge on any atom is -0.369 e. The second-order valence-electron chi connectivity index (χ2n) is 5.07. The highest BCUT2D eigenvalue weighted by atomic mass is 15.1. The first-order chi connectivity index (χ1) is 8.17. The summed E-state index contributed by atoms with van der Waals surface area (Å²) in [6, 6.07) is 2.00. The molecule has 0 aliphatic heterocycles. The van der Waals surface area contributed by atoms with E-state index >= 15 is 0 Å². The molecule has 0 bridgehead atoms. The van der Waals surface area contributed by atoms with Gasteiger partial charge in [0.2, 0.25) is 5.95 Å². The van der Waals surface area contributed by atoms with Crippen LogP contribution in [0.2, 0.25) is 0 Å². The van der Waals surface area contributed by atoms with E-state index in [0.717, 1.165) is 18.1 Å². The molecule has 1 aliphatic rings. The number of hydrogen-bond acceptors (Lipinski definition) is 4. The van der Waals surface area contributed by atoms with Gasteiger partial charge in [0.15, 0.2) is 0 Å². The van der Waals surface area contributed by atoms with Crippen molar-refractivity contribution in [2.24, 2.45) is 5.41 Å². The van der Waals surface area contributed by atoms with Gasteiger partial charge in [-0.2, -0.15) is 4.98 Å². The Hall–Kier alpha value is -1.32. The summed E-state index contributed by atoms with van der Waals surface area (Å²) in [5.74, 6) is 1.62. The van der Waals surface area contributed by atoms with E-state index in [0.29, 0.717) is 11.4 Å². The number of anilines is 2. The summed E-state index contributed by atoms with van der Waals surface area (Å²) >= 11 is 0. The standard InChI is InChI=1S/C13H22N4/c1-4-5-13(6-7-13)9-15-11-8-10(2)16-12(14-3)17-11/h8H,4-7,9H2,1-3H3,(H2,14,15,16,17). The average Bonchev–Trinajstić information content (AvgIpc) is 3.07. The van der Waals surface area contributed by atoms with Gasteiger partial charge in [-0.1, -0.05) is 13.3 Å². The van der Waals surface area contributed by atoms with Gasteiger partial charge in [-0.3, -0.25) is 0 Å². The second-order valence-corrected chi connectivity index (χ2v) is 5.07. The maximum absolute atomic E-state index is 4.41. The van der Waals surface area contributed by atoms with Gasteiger partial charge in [-0.05, 0) is 31.6 Å². The third kappa shape index (κ3) is 3.08. The molecule has 17 heavy (non-hydrogen) atoms. The van der Waals surface area contributed by atoms with Crippen molar-refractivity contribution in [1.82, 2.24) is 9.97 Å². The van der Waals surface area contributed by atoms with Gasteiger partial charge in [0.25, 0.3) is 0 Å². The van der Waals surface area contributed by atoms with Gasteiger partial charge < -0.3 is 10.6 Å². The predicted octanol–water partition coefficient (Wildman–Crippen LogP) is 2.82. The van der Waals surface area contributed by atoms with Crippen molar-refractivity contribution in [3.8, 4) is 0 Å². The monoisotopic (exact) mass is 234 g/mol. The minimum atomic E-state index is 0.549. The molecule has 2 rings (SSSR count). The van der Waals surface area contributed by atoms with E-state index in [1.54, 1.807) is 0 Å². The highest BCUT2D eigenvalue weighted by Crippen LogP contribution is 2.49. The molecular weight excluding hydrogens is 212 g/mol. The van der Waals surface area contributed by atoms with Crippen LogP contribution in [-0.2, 0) is 0 Å². The second kappa shape index (κ2) is 4.90. The van der Waals surface area contributed by atoms with Crippen LogP contribution >= 0.6 is 0 Å². The van der Waals surface area contributed by atoms with E-state index in [4.69, 9.17) is 0 Å². The molecule has 2 N–H and O–H groups in total. The molecule has 4 heteroatoms. The Morgan fingerprint density at radius 1 is 1.35 bits per heavy atom. The third-order valence-electron chi connectivity index (χ3n) is 3.46. The number of hydrogen-bond donors (Lipinski definition) is 2. The van der Waals surface area contributed by atoms with Crippen LogP contribution in [-0.4, -0.2) is 23.6 Å². The Morgan fingerprint density at radius 3 is 2.71 bits per heavy atom. The number of aromatic nitrogens is 2. The molecule has 1 saturated carbocycles. The molecule has 1 fully saturated rings. The van der Waals surface area contributed by atoms with Crippen molar-refractivity contribution >= 4 is 11.8 Å². The number of nitrogens with zero attached hydrogens (tertiary/aromatic N) is 2. The van der Waals surface area contributed by atoms with E-state index in [9.17, 15) is 0 Å². The van der Waals surface area contributed by atoms with E-state index in [1.165, 1.54) is 25.7 Å². The quantitative estimate of drug-likeness (QED) is 0.794. The van der Waals surface area contributed by atoms with Crippen LogP contribution in [0, 0.1) is 12.3 Å². The van der Waals surface area contributed by atoms with Gasteiger partial charge in [0.05, 0.1) is 0 Å². The number of nitrogens with one attached hydrogen (secondary N) is 2. The van der Waals surface area contributed by atoms with E-state index < -0.39 is 0 Å². The number of rotatable bonds is 6. The van der Waals surface area contributed by atoms with Crippen LogP contribution < -0.4 is 10.6 Å². The molecule has 0 amide bonds. The molecule has 0 spiro atoms. The Kier molecular flexibility index (Phi) is 3.50. The smallest absolute Gasteiger partial charge is 0.224 e. The summed E-state index contributed by atoms with van der Waals surface area (Å²) in [4.78, 5) is 8.70. The molecular formula is C13H22N4. The van der Waals surface area contributed by atoms with Gasteiger partial charge >= 0.3 is 0 Å². The van der Waals surface area contributed by atoms with Crippen LogP contribution in [0.1, 0.15) is 38.3 Å². The highest BCUT2D eigenvalue weighted by Gasteiger charge is 2.41. The van der Waals surface area contributed by atoms with Gasteiger partial charge in [-0.15, -0.1) is 0 Å². The molecule has 0 radical (unpaired) electrons. The Morgan fingerprint density at radius 2 is 2.12 bits per heavy atom. The zero-order chi connectivity index (χ0) is 12.3. The zero-order valence-electron chi connectivity index (χ0n) is 11.0. The first kappa shape index (κ1) is 12.1. The van der Waals surface area contributed by atoms with Crippen molar-refractivity contribution in [2.75, 3.05) is 24.2 Å². The van der Waals surface area contributed by atoms with E-state index in [2.05, 4.69) is 27.5 Å². The van der Waals surface area contributed by atoms with Crippen LogP contribution in [0.4, 0.5) is 11.8 Å². The van der Waals surface area contributed by atoms with Crippen molar-refractivity contribution in [2.45, 2.75) is 39.5 Å². The Labute approximate surface area is 103 Å². The molecule has 0 aromatic carbocycles.